The smallest absolute Gasteiger partial charge is 0.337 e. The largest absolute Gasteiger partial charge is 0.478 e. The normalized spacial score (nSPS) is 13.3. The molecule has 1 atom stereocenters. The van der Waals surface area contributed by atoms with Crippen LogP contribution in [-0.4, -0.2) is 48.2 Å². The highest BCUT2D eigenvalue weighted by molar-refractivity contribution is 7.91. The SMILES string of the molecule is O=C(O)c1ccc(S(=O)(=O)CC(O)CO)cc1Cl. The molecule has 3 N–H and O–H groups in total. The number of aliphatic hydroxyl groups is 2. The molecule has 0 saturated carbocycles. The van der Waals surface area contributed by atoms with E-state index in [1.807, 2.05) is 0 Å². The second kappa shape index (κ2) is 5.66. The average Bonchev–Trinajstić information content (AvgIpc) is 2.27. The molecule has 8 heteroatoms. The molecular formula is C10H11ClO6S. The van der Waals surface area contributed by atoms with Gasteiger partial charge in [-0.15, -0.1) is 0 Å². The van der Waals surface area contributed by atoms with E-state index in [9.17, 15) is 13.2 Å². The summed E-state index contributed by atoms with van der Waals surface area (Å²) in [6, 6.07) is 3.17. The fraction of sp³-hybridized carbons (Fsp3) is 0.300. The van der Waals surface area contributed by atoms with E-state index in [1.165, 1.54) is 0 Å². The predicted molar refractivity (Wildman–Crippen MR) is 63.6 cm³/mol. The maximum absolute atomic E-state index is 11.8. The third-order valence-electron chi connectivity index (χ3n) is 2.15. The zero-order valence-corrected chi connectivity index (χ0v) is 10.6. The average molecular weight is 295 g/mol. The molecule has 0 spiro atoms. The number of hydrogen-bond donors (Lipinski definition) is 3. The Bertz CT molecular complexity index is 553. The molecule has 0 saturated heterocycles. The van der Waals surface area contributed by atoms with Gasteiger partial charge in [0, 0.05) is 0 Å². The molecule has 6 nitrogen and oxygen atoms in total. The number of carbonyl (C=O) groups is 1. The van der Waals surface area contributed by atoms with Crippen molar-refractivity contribution >= 4 is 27.4 Å². The minimum atomic E-state index is -3.82. The molecule has 18 heavy (non-hydrogen) atoms. The summed E-state index contributed by atoms with van der Waals surface area (Å²) in [5.41, 5.74) is -0.210. The number of benzene rings is 1. The Balaban J connectivity index is 3.12. The molecular weight excluding hydrogens is 284 g/mol. The molecule has 100 valence electrons. The van der Waals surface area contributed by atoms with Crippen LogP contribution in [0.2, 0.25) is 5.02 Å². The first-order chi connectivity index (χ1) is 8.27. The van der Waals surface area contributed by atoms with Crippen LogP contribution in [-0.2, 0) is 9.84 Å². The van der Waals surface area contributed by atoms with Crippen molar-refractivity contribution in [3.8, 4) is 0 Å². The lowest BCUT2D eigenvalue weighted by molar-refractivity contribution is 0.0697. The van der Waals surface area contributed by atoms with Gasteiger partial charge in [0.05, 0.1) is 33.9 Å². The molecule has 1 aromatic carbocycles. The highest BCUT2D eigenvalue weighted by Crippen LogP contribution is 2.22. The van der Waals surface area contributed by atoms with Gasteiger partial charge < -0.3 is 15.3 Å². The number of rotatable bonds is 5. The highest BCUT2D eigenvalue weighted by atomic mass is 35.5. The first kappa shape index (κ1) is 14.9. The lowest BCUT2D eigenvalue weighted by Gasteiger charge is -2.09. The van der Waals surface area contributed by atoms with Crippen molar-refractivity contribution in [3.05, 3.63) is 28.8 Å². The Kier molecular flexibility index (Phi) is 4.69. The van der Waals surface area contributed by atoms with Crippen LogP contribution >= 0.6 is 11.6 Å². The van der Waals surface area contributed by atoms with Crippen LogP contribution in [0.15, 0.2) is 23.1 Å². The van der Waals surface area contributed by atoms with Crippen LogP contribution in [0.3, 0.4) is 0 Å². The van der Waals surface area contributed by atoms with Gasteiger partial charge in [-0.05, 0) is 18.2 Å². The van der Waals surface area contributed by atoms with Crippen LogP contribution in [0.4, 0.5) is 0 Å². The van der Waals surface area contributed by atoms with Crippen molar-refractivity contribution in [1.29, 1.82) is 0 Å². The van der Waals surface area contributed by atoms with Gasteiger partial charge in [-0.2, -0.15) is 0 Å². The maximum Gasteiger partial charge on any atom is 0.337 e. The zero-order valence-electron chi connectivity index (χ0n) is 9.08. The van der Waals surface area contributed by atoms with Gasteiger partial charge in [0.25, 0.3) is 0 Å². The minimum absolute atomic E-state index is 0.204. The zero-order chi connectivity index (χ0) is 13.9. The van der Waals surface area contributed by atoms with E-state index in [-0.39, 0.29) is 15.5 Å². The summed E-state index contributed by atoms with van der Waals surface area (Å²) in [4.78, 5) is 10.5. The van der Waals surface area contributed by atoms with Crippen LogP contribution in [0.1, 0.15) is 10.4 Å². The van der Waals surface area contributed by atoms with E-state index in [2.05, 4.69) is 0 Å². The summed E-state index contributed by atoms with van der Waals surface area (Å²) in [6.45, 7) is -0.680. The van der Waals surface area contributed by atoms with Gasteiger partial charge in [-0.1, -0.05) is 11.6 Å². The van der Waals surface area contributed by atoms with Gasteiger partial charge in [-0.25, -0.2) is 13.2 Å². The van der Waals surface area contributed by atoms with Crippen molar-refractivity contribution in [1.82, 2.24) is 0 Å². The summed E-state index contributed by atoms with van der Waals surface area (Å²) >= 11 is 5.64. The van der Waals surface area contributed by atoms with E-state index in [4.69, 9.17) is 26.9 Å². The fourth-order valence-corrected chi connectivity index (χ4v) is 2.97. The number of sulfone groups is 1. The number of carboxylic acids is 1. The summed E-state index contributed by atoms with van der Waals surface area (Å²) in [6.07, 6.45) is -1.40. The lowest BCUT2D eigenvalue weighted by Crippen LogP contribution is -2.24. The Hall–Kier alpha value is -1.15. The molecule has 1 unspecified atom stereocenters. The first-order valence-corrected chi connectivity index (χ1v) is 6.85. The van der Waals surface area contributed by atoms with Crippen LogP contribution in [0.5, 0.6) is 0 Å². The van der Waals surface area contributed by atoms with Crippen molar-refractivity contribution in [2.45, 2.75) is 11.0 Å². The van der Waals surface area contributed by atoms with Crippen molar-refractivity contribution < 1.29 is 28.5 Å². The molecule has 0 aromatic heterocycles. The molecule has 0 aliphatic rings. The van der Waals surface area contributed by atoms with E-state index >= 15 is 0 Å². The van der Waals surface area contributed by atoms with Crippen molar-refractivity contribution in [3.63, 3.8) is 0 Å². The Morgan fingerprint density at radius 3 is 2.44 bits per heavy atom. The monoisotopic (exact) mass is 294 g/mol. The summed E-state index contributed by atoms with van der Waals surface area (Å²) in [5, 5.41) is 26.2. The fourth-order valence-electron chi connectivity index (χ4n) is 1.26. The van der Waals surface area contributed by atoms with E-state index in [1.54, 1.807) is 0 Å². The van der Waals surface area contributed by atoms with Gasteiger partial charge in [0.2, 0.25) is 0 Å². The molecule has 0 aliphatic heterocycles. The number of carboxylic acid groups (broad SMARTS) is 1. The standard InChI is InChI=1S/C10H11ClO6S/c11-9-3-7(1-2-8(9)10(14)15)18(16,17)5-6(13)4-12/h1-3,6,12-13H,4-5H2,(H,14,15). The quantitative estimate of drug-likeness (QED) is 0.713. The second-order valence-electron chi connectivity index (χ2n) is 3.56. The van der Waals surface area contributed by atoms with E-state index in [0.717, 1.165) is 18.2 Å². The van der Waals surface area contributed by atoms with E-state index < -0.39 is 34.3 Å². The van der Waals surface area contributed by atoms with Gasteiger partial charge in [-0.3, -0.25) is 0 Å². The Morgan fingerprint density at radius 1 is 1.39 bits per heavy atom. The Morgan fingerprint density at radius 2 is 2.00 bits per heavy atom. The molecule has 0 radical (unpaired) electrons. The lowest BCUT2D eigenvalue weighted by atomic mass is 10.2. The van der Waals surface area contributed by atoms with Gasteiger partial charge in [0.15, 0.2) is 9.84 Å². The third-order valence-corrected chi connectivity index (χ3v) is 4.26. The van der Waals surface area contributed by atoms with Gasteiger partial charge >= 0.3 is 5.97 Å². The number of hydrogen-bond acceptors (Lipinski definition) is 5. The predicted octanol–water partition coefficient (Wildman–Crippen LogP) is 0.165. The highest BCUT2D eigenvalue weighted by Gasteiger charge is 2.21. The van der Waals surface area contributed by atoms with Crippen molar-refractivity contribution in [2.24, 2.45) is 0 Å². The maximum atomic E-state index is 11.8. The summed E-state index contributed by atoms with van der Waals surface area (Å²) in [5.74, 6) is -1.92. The van der Waals surface area contributed by atoms with E-state index in [0.29, 0.717) is 0 Å². The minimum Gasteiger partial charge on any atom is -0.478 e. The Labute approximate surface area is 108 Å². The molecule has 0 amide bonds. The topological polar surface area (TPSA) is 112 Å². The summed E-state index contributed by atoms with van der Waals surface area (Å²) < 4.78 is 23.5. The number of aromatic carboxylic acids is 1. The molecule has 1 rings (SSSR count). The number of halogens is 1. The van der Waals surface area contributed by atoms with Crippen LogP contribution < -0.4 is 0 Å². The molecule has 0 fully saturated rings. The first-order valence-electron chi connectivity index (χ1n) is 4.82. The van der Waals surface area contributed by atoms with Crippen LogP contribution in [0, 0.1) is 0 Å². The summed E-state index contributed by atoms with van der Waals surface area (Å²) in [7, 11) is -3.82. The second-order valence-corrected chi connectivity index (χ2v) is 6.01. The van der Waals surface area contributed by atoms with Crippen LogP contribution in [0.25, 0.3) is 0 Å². The number of aliphatic hydroxyl groups excluding tert-OH is 2. The molecule has 0 bridgehead atoms. The van der Waals surface area contributed by atoms with Gasteiger partial charge in [0.1, 0.15) is 0 Å². The molecule has 0 aliphatic carbocycles. The van der Waals surface area contributed by atoms with Crippen molar-refractivity contribution in [2.75, 3.05) is 12.4 Å². The molecule has 0 heterocycles. The third kappa shape index (κ3) is 3.42. The molecule has 1 aromatic rings.